The number of benzene rings is 1. The molecule has 0 saturated heterocycles. The normalized spacial score (nSPS) is 13.7. The van der Waals surface area contributed by atoms with Gasteiger partial charge in [-0.05, 0) is 37.6 Å². The van der Waals surface area contributed by atoms with Crippen molar-refractivity contribution in [2.45, 2.75) is 25.8 Å². The Labute approximate surface area is 132 Å². The van der Waals surface area contributed by atoms with Crippen LogP contribution in [0.5, 0.6) is 5.75 Å². The van der Waals surface area contributed by atoms with Gasteiger partial charge in [-0.15, -0.1) is 0 Å². The van der Waals surface area contributed by atoms with Crippen molar-refractivity contribution in [2.75, 3.05) is 7.11 Å². The van der Waals surface area contributed by atoms with Gasteiger partial charge in [-0.1, -0.05) is 22.9 Å². The van der Waals surface area contributed by atoms with Crippen LogP contribution in [0.15, 0.2) is 28.7 Å². The molecular formula is C15H18BrNO4. The molecule has 114 valence electrons. The van der Waals surface area contributed by atoms with E-state index in [1.165, 1.54) is 13.0 Å². The Hall–Kier alpha value is -1.82. The highest BCUT2D eigenvalue weighted by Crippen LogP contribution is 2.24. The molecule has 1 amide bonds. The smallest absolute Gasteiger partial charge is 0.329 e. The average molecular weight is 356 g/mol. The van der Waals surface area contributed by atoms with Crippen molar-refractivity contribution in [1.82, 2.24) is 5.32 Å². The fourth-order valence-corrected chi connectivity index (χ4v) is 1.99. The minimum Gasteiger partial charge on any atom is -0.496 e. The summed E-state index contributed by atoms with van der Waals surface area (Å²) in [6, 6.07) is 5.41. The molecule has 5 nitrogen and oxygen atoms in total. The Balaban J connectivity index is 2.88. The molecule has 1 aromatic carbocycles. The zero-order chi connectivity index (χ0) is 16.0. The lowest BCUT2D eigenvalue weighted by Crippen LogP contribution is -2.51. The van der Waals surface area contributed by atoms with Crippen LogP contribution in [-0.2, 0) is 9.59 Å². The van der Waals surface area contributed by atoms with Crippen LogP contribution >= 0.6 is 15.9 Å². The van der Waals surface area contributed by atoms with Crippen LogP contribution in [0.3, 0.4) is 0 Å². The van der Waals surface area contributed by atoms with Crippen LogP contribution in [0.25, 0.3) is 6.08 Å². The highest BCUT2D eigenvalue weighted by atomic mass is 79.9. The number of carboxylic acid groups (broad SMARTS) is 1. The maximum Gasteiger partial charge on any atom is 0.329 e. The molecule has 0 spiro atoms. The molecule has 2 N–H and O–H groups in total. The second kappa shape index (κ2) is 7.26. The molecule has 1 unspecified atom stereocenters. The summed E-state index contributed by atoms with van der Waals surface area (Å²) >= 11 is 3.34. The van der Waals surface area contributed by atoms with Gasteiger partial charge in [0.15, 0.2) is 0 Å². The largest absolute Gasteiger partial charge is 0.496 e. The second-order valence-corrected chi connectivity index (χ2v) is 5.62. The summed E-state index contributed by atoms with van der Waals surface area (Å²) < 4.78 is 6.05. The third kappa shape index (κ3) is 4.60. The van der Waals surface area contributed by atoms with E-state index in [9.17, 15) is 9.59 Å². The van der Waals surface area contributed by atoms with Crippen molar-refractivity contribution in [2.24, 2.45) is 0 Å². The molecule has 0 fully saturated rings. The highest BCUT2D eigenvalue weighted by Gasteiger charge is 2.31. The van der Waals surface area contributed by atoms with E-state index in [4.69, 9.17) is 9.84 Å². The molecule has 1 rings (SSSR count). The van der Waals surface area contributed by atoms with E-state index in [0.717, 1.165) is 10.0 Å². The van der Waals surface area contributed by atoms with Crippen molar-refractivity contribution < 1.29 is 19.4 Å². The lowest BCUT2D eigenvalue weighted by atomic mass is 9.99. The average Bonchev–Trinajstić information content (AvgIpc) is 2.44. The van der Waals surface area contributed by atoms with Gasteiger partial charge >= 0.3 is 5.97 Å². The Kier molecular flexibility index (Phi) is 5.96. The molecule has 0 aliphatic carbocycles. The van der Waals surface area contributed by atoms with Crippen LogP contribution in [0.1, 0.15) is 25.8 Å². The summed E-state index contributed by atoms with van der Waals surface area (Å²) in [5.41, 5.74) is -0.557. The van der Waals surface area contributed by atoms with E-state index in [2.05, 4.69) is 21.2 Å². The molecule has 0 bridgehead atoms. The molecule has 0 aliphatic heterocycles. The zero-order valence-corrected chi connectivity index (χ0v) is 13.7. The topological polar surface area (TPSA) is 75.6 Å². The quantitative estimate of drug-likeness (QED) is 0.769. The molecule has 1 aromatic rings. The Morgan fingerprint density at radius 1 is 1.48 bits per heavy atom. The Morgan fingerprint density at radius 2 is 2.14 bits per heavy atom. The van der Waals surface area contributed by atoms with Gasteiger partial charge in [0.05, 0.1) is 7.11 Å². The van der Waals surface area contributed by atoms with Crippen LogP contribution in [0.2, 0.25) is 0 Å². The summed E-state index contributed by atoms with van der Waals surface area (Å²) in [4.78, 5) is 23.0. The van der Waals surface area contributed by atoms with Gasteiger partial charge in [0.25, 0.3) is 0 Å². The van der Waals surface area contributed by atoms with Crippen molar-refractivity contribution in [1.29, 1.82) is 0 Å². The minimum atomic E-state index is -1.28. The molecule has 0 aliphatic rings. The number of hydrogen-bond acceptors (Lipinski definition) is 3. The lowest BCUT2D eigenvalue weighted by Gasteiger charge is -2.23. The third-order valence-electron chi connectivity index (χ3n) is 3.18. The lowest BCUT2D eigenvalue weighted by molar-refractivity contribution is -0.146. The number of nitrogens with one attached hydrogen (secondary N) is 1. The van der Waals surface area contributed by atoms with Crippen LogP contribution < -0.4 is 10.1 Å². The fraction of sp³-hybridized carbons (Fsp3) is 0.333. The zero-order valence-electron chi connectivity index (χ0n) is 12.1. The van der Waals surface area contributed by atoms with E-state index >= 15 is 0 Å². The van der Waals surface area contributed by atoms with E-state index < -0.39 is 17.4 Å². The van der Waals surface area contributed by atoms with E-state index in [1.54, 1.807) is 32.2 Å². The van der Waals surface area contributed by atoms with Gasteiger partial charge < -0.3 is 15.2 Å². The van der Waals surface area contributed by atoms with Crippen LogP contribution in [-0.4, -0.2) is 29.6 Å². The number of aliphatic carboxylic acids is 1. The second-order valence-electron chi connectivity index (χ2n) is 4.70. The van der Waals surface area contributed by atoms with Crippen molar-refractivity contribution in [3.63, 3.8) is 0 Å². The summed E-state index contributed by atoms with van der Waals surface area (Å²) in [7, 11) is 1.54. The van der Waals surface area contributed by atoms with E-state index in [0.29, 0.717) is 12.2 Å². The predicted molar refractivity (Wildman–Crippen MR) is 84.2 cm³/mol. The number of carboxylic acids is 1. The first kappa shape index (κ1) is 17.2. The van der Waals surface area contributed by atoms with E-state index in [1.807, 2.05) is 6.07 Å². The molecular weight excluding hydrogens is 338 g/mol. The summed E-state index contributed by atoms with van der Waals surface area (Å²) in [6.45, 7) is 3.18. The number of hydrogen-bond donors (Lipinski definition) is 2. The van der Waals surface area contributed by atoms with Crippen molar-refractivity contribution in [3.05, 3.63) is 34.3 Å². The van der Waals surface area contributed by atoms with Gasteiger partial charge in [0.2, 0.25) is 5.91 Å². The number of rotatable bonds is 6. The number of carbonyl (C=O) groups is 2. The first-order chi connectivity index (χ1) is 9.82. The van der Waals surface area contributed by atoms with Crippen LogP contribution in [0, 0.1) is 0 Å². The van der Waals surface area contributed by atoms with Crippen LogP contribution in [0.4, 0.5) is 0 Å². The van der Waals surface area contributed by atoms with Gasteiger partial charge in [-0.25, -0.2) is 4.79 Å². The van der Waals surface area contributed by atoms with E-state index in [-0.39, 0.29) is 0 Å². The summed E-state index contributed by atoms with van der Waals surface area (Å²) in [6.07, 6.45) is 3.17. The Morgan fingerprint density at radius 3 is 2.67 bits per heavy atom. The molecule has 0 aromatic heterocycles. The molecule has 1 atom stereocenters. The molecule has 6 heteroatoms. The number of halogens is 1. The maximum atomic E-state index is 11.9. The fourth-order valence-electron chi connectivity index (χ4n) is 1.61. The van der Waals surface area contributed by atoms with Gasteiger partial charge in [-0.2, -0.15) is 0 Å². The minimum absolute atomic E-state index is 0.294. The van der Waals surface area contributed by atoms with Crippen molar-refractivity contribution in [3.8, 4) is 5.75 Å². The molecule has 0 saturated carbocycles. The summed E-state index contributed by atoms with van der Waals surface area (Å²) in [5.74, 6) is -0.908. The summed E-state index contributed by atoms with van der Waals surface area (Å²) in [5, 5.41) is 11.6. The number of amides is 1. The number of methoxy groups -OCH3 is 1. The van der Waals surface area contributed by atoms with Crippen molar-refractivity contribution >= 4 is 33.9 Å². The molecule has 0 heterocycles. The third-order valence-corrected chi connectivity index (χ3v) is 3.68. The maximum absolute atomic E-state index is 11.9. The first-order valence-corrected chi connectivity index (χ1v) is 7.19. The predicted octanol–water partition coefficient (Wildman–Crippen LogP) is 2.84. The number of ether oxygens (including phenoxy) is 1. The molecule has 21 heavy (non-hydrogen) atoms. The number of carbonyl (C=O) groups excluding carboxylic acids is 1. The monoisotopic (exact) mass is 355 g/mol. The van der Waals surface area contributed by atoms with Gasteiger partial charge in [0, 0.05) is 16.1 Å². The molecule has 0 radical (unpaired) electrons. The standard InChI is InChI=1S/C15H18BrNO4/c1-4-15(2,14(19)20)17-13(18)8-5-10-9-11(16)6-7-12(10)21-3/h5-9H,4H2,1-3H3,(H,17,18)(H,19,20). The van der Waals surface area contributed by atoms with Gasteiger partial charge in [-0.3, -0.25) is 4.79 Å². The Bertz CT molecular complexity index is 571. The highest BCUT2D eigenvalue weighted by molar-refractivity contribution is 9.10. The SMILES string of the molecule is CCC(C)(NC(=O)C=Cc1cc(Br)ccc1OC)C(=O)O. The van der Waals surface area contributed by atoms with Gasteiger partial charge in [0.1, 0.15) is 11.3 Å². The first-order valence-electron chi connectivity index (χ1n) is 6.39.